The fourth-order valence-electron chi connectivity index (χ4n) is 2.75. The van der Waals surface area contributed by atoms with Gasteiger partial charge in [0.15, 0.2) is 0 Å². The molecule has 0 aromatic heterocycles. The highest BCUT2D eigenvalue weighted by atomic mass is 19.1. The van der Waals surface area contributed by atoms with Crippen molar-refractivity contribution in [1.29, 1.82) is 0 Å². The molecule has 2 aliphatic rings. The highest BCUT2D eigenvalue weighted by Crippen LogP contribution is 2.31. The van der Waals surface area contributed by atoms with Gasteiger partial charge in [-0.3, -0.25) is 19.7 Å². The summed E-state index contributed by atoms with van der Waals surface area (Å²) in [6.45, 7) is 1.22. The zero-order valence-corrected chi connectivity index (χ0v) is 11.2. The molecule has 0 aliphatic carbocycles. The lowest BCUT2D eigenvalue weighted by atomic mass is 10.0. The van der Waals surface area contributed by atoms with Gasteiger partial charge in [-0.15, -0.1) is 0 Å². The van der Waals surface area contributed by atoms with Crippen LogP contribution in [0, 0.1) is 18.6 Å². The van der Waals surface area contributed by atoms with Gasteiger partial charge in [-0.05, 0) is 25.0 Å². The first-order valence-corrected chi connectivity index (χ1v) is 6.52. The van der Waals surface area contributed by atoms with Crippen molar-refractivity contribution in [2.45, 2.75) is 32.4 Å². The van der Waals surface area contributed by atoms with Crippen LogP contribution in [0.15, 0.2) is 6.07 Å². The van der Waals surface area contributed by atoms with Crippen LogP contribution in [-0.2, 0) is 16.1 Å². The third-order valence-corrected chi connectivity index (χ3v) is 3.93. The molecule has 1 fully saturated rings. The molecule has 1 aromatic rings. The number of hydrogen-bond acceptors (Lipinski definition) is 3. The van der Waals surface area contributed by atoms with E-state index in [9.17, 15) is 23.2 Å². The first-order chi connectivity index (χ1) is 9.90. The Bertz CT molecular complexity index is 687. The normalized spacial score (nSPS) is 21.6. The van der Waals surface area contributed by atoms with Gasteiger partial charge in [0.1, 0.15) is 17.7 Å². The molecule has 1 unspecified atom stereocenters. The van der Waals surface area contributed by atoms with Crippen molar-refractivity contribution >= 4 is 17.7 Å². The Morgan fingerprint density at radius 3 is 2.67 bits per heavy atom. The molecule has 1 saturated heterocycles. The predicted molar refractivity (Wildman–Crippen MR) is 67.1 cm³/mol. The summed E-state index contributed by atoms with van der Waals surface area (Å²) in [5.74, 6) is -3.22. The Labute approximate surface area is 118 Å². The van der Waals surface area contributed by atoms with E-state index in [4.69, 9.17) is 0 Å². The van der Waals surface area contributed by atoms with Crippen molar-refractivity contribution in [3.63, 3.8) is 0 Å². The van der Waals surface area contributed by atoms with Crippen LogP contribution in [0.25, 0.3) is 0 Å². The van der Waals surface area contributed by atoms with E-state index in [0.29, 0.717) is 0 Å². The van der Waals surface area contributed by atoms with Crippen molar-refractivity contribution in [2.75, 3.05) is 0 Å². The molecule has 0 radical (unpaired) electrons. The molecule has 21 heavy (non-hydrogen) atoms. The van der Waals surface area contributed by atoms with Crippen LogP contribution in [-0.4, -0.2) is 28.7 Å². The van der Waals surface area contributed by atoms with Gasteiger partial charge < -0.3 is 4.90 Å². The van der Waals surface area contributed by atoms with Crippen LogP contribution in [0.3, 0.4) is 0 Å². The van der Waals surface area contributed by atoms with Crippen molar-refractivity contribution in [3.8, 4) is 0 Å². The van der Waals surface area contributed by atoms with Crippen LogP contribution < -0.4 is 5.32 Å². The monoisotopic (exact) mass is 294 g/mol. The summed E-state index contributed by atoms with van der Waals surface area (Å²) in [5, 5.41) is 2.15. The zero-order valence-electron chi connectivity index (χ0n) is 11.2. The maximum absolute atomic E-state index is 14.1. The Balaban J connectivity index is 1.96. The number of carbonyl (C=O) groups is 3. The molecule has 1 aromatic carbocycles. The molecule has 110 valence electrons. The van der Waals surface area contributed by atoms with E-state index in [2.05, 4.69) is 5.32 Å². The molecule has 1 N–H and O–H groups in total. The van der Waals surface area contributed by atoms with Gasteiger partial charge >= 0.3 is 0 Å². The SMILES string of the molecule is Cc1c(F)cc2c(c1F)C(=O)N(C1CCC(=O)NC1=O)C2. The van der Waals surface area contributed by atoms with Gasteiger partial charge in [0.25, 0.3) is 5.91 Å². The highest BCUT2D eigenvalue weighted by Gasteiger charge is 2.41. The molecule has 2 aliphatic heterocycles. The first kappa shape index (κ1) is 13.7. The minimum absolute atomic E-state index is 0.0332. The number of rotatable bonds is 1. The summed E-state index contributed by atoms with van der Waals surface area (Å²) >= 11 is 0. The van der Waals surface area contributed by atoms with Gasteiger partial charge in [0, 0.05) is 18.5 Å². The number of fused-ring (bicyclic) bond motifs is 1. The lowest BCUT2D eigenvalue weighted by molar-refractivity contribution is -0.136. The van der Waals surface area contributed by atoms with Crippen LogP contribution in [0.4, 0.5) is 8.78 Å². The third kappa shape index (κ3) is 2.00. The Hall–Kier alpha value is -2.31. The Morgan fingerprint density at radius 2 is 2.00 bits per heavy atom. The molecule has 2 heterocycles. The summed E-state index contributed by atoms with van der Waals surface area (Å²) in [4.78, 5) is 36.4. The summed E-state index contributed by atoms with van der Waals surface area (Å²) < 4.78 is 27.6. The molecule has 0 spiro atoms. The van der Waals surface area contributed by atoms with Gasteiger partial charge in [0.2, 0.25) is 11.8 Å². The van der Waals surface area contributed by atoms with Crippen LogP contribution in [0.1, 0.15) is 34.3 Å². The Kier molecular flexibility index (Phi) is 3.00. The molecular formula is C14H12F2N2O3. The van der Waals surface area contributed by atoms with Crippen molar-refractivity contribution in [3.05, 3.63) is 34.4 Å². The number of benzene rings is 1. The molecule has 3 rings (SSSR count). The second kappa shape index (κ2) is 4.61. The van der Waals surface area contributed by atoms with Crippen LogP contribution in [0.5, 0.6) is 0 Å². The quantitative estimate of drug-likeness (QED) is 0.787. The lowest BCUT2D eigenvalue weighted by Crippen LogP contribution is -2.52. The molecule has 3 amide bonds. The predicted octanol–water partition coefficient (Wildman–Crippen LogP) is 1.03. The summed E-state index contributed by atoms with van der Waals surface area (Å²) in [7, 11) is 0. The minimum Gasteiger partial charge on any atom is -0.322 e. The minimum atomic E-state index is -0.884. The van der Waals surface area contributed by atoms with E-state index < -0.39 is 35.4 Å². The second-order valence-corrected chi connectivity index (χ2v) is 5.23. The number of piperidine rings is 1. The highest BCUT2D eigenvalue weighted by molar-refractivity contribution is 6.05. The van der Waals surface area contributed by atoms with E-state index in [0.717, 1.165) is 6.07 Å². The number of halogens is 2. The molecule has 1 atom stereocenters. The number of imide groups is 1. The maximum atomic E-state index is 14.1. The van der Waals surface area contributed by atoms with Gasteiger partial charge in [-0.1, -0.05) is 0 Å². The van der Waals surface area contributed by atoms with E-state index in [1.165, 1.54) is 11.8 Å². The molecule has 7 heteroatoms. The van der Waals surface area contributed by atoms with E-state index >= 15 is 0 Å². The standard InChI is InChI=1S/C14H12F2N2O3/c1-6-8(15)4-7-5-18(14(21)11(7)12(6)16)9-2-3-10(19)17-13(9)20/h4,9H,2-3,5H2,1H3,(H,17,19,20). The summed E-state index contributed by atoms with van der Waals surface area (Å²) in [5.41, 5.74) is -0.170. The van der Waals surface area contributed by atoms with Crippen LogP contribution in [0.2, 0.25) is 0 Å². The number of nitrogens with one attached hydrogen (secondary N) is 1. The largest absolute Gasteiger partial charge is 0.322 e. The van der Waals surface area contributed by atoms with E-state index in [1.807, 2.05) is 0 Å². The number of hydrogen-bond donors (Lipinski definition) is 1. The van der Waals surface area contributed by atoms with E-state index in [1.54, 1.807) is 0 Å². The van der Waals surface area contributed by atoms with Crippen molar-refractivity contribution in [1.82, 2.24) is 10.2 Å². The average Bonchev–Trinajstić information content (AvgIpc) is 2.73. The maximum Gasteiger partial charge on any atom is 0.258 e. The average molecular weight is 294 g/mol. The fourth-order valence-corrected chi connectivity index (χ4v) is 2.75. The number of carbonyl (C=O) groups excluding carboxylic acids is 3. The summed E-state index contributed by atoms with van der Waals surface area (Å²) in [6.07, 6.45) is 0.305. The second-order valence-electron chi connectivity index (χ2n) is 5.23. The molecular weight excluding hydrogens is 282 g/mol. The lowest BCUT2D eigenvalue weighted by Gasteiger charge is -2.29. The van der Waals surface area contributed by atoms with Crippen molar-refractivity contribution < 1.29 is 23.2 Å². The van der Waals surface area contributed by atoms with Gasteiger partial charge in [0.05, 0.1) is 5.56 Å². The Morgan fingerprint density at radius 1 is 1.29 bits per heavy atom. The molecule has 0 bridgehead atoms. The smallest absolute Gasteiger partial charge is 0.258 e. The third-order valence-electron chi connectivity index (χ3n) is 3.93. The first-order valence-electron chi connectivity index (χ1n) is 6.52. The topological polar surface area (TPSA) is 66.5 Å². The molecule has 0 saturated carbocycles. The fraction of sp³-hybridized carbons (Fsp3) is 0.357. The van der Waals surface area contributed by atoms with Crippen molar-refractivity contribution in [2.24, 2.45) is 0 Å². The van der Waals surface area contributed by atoms with Gasteiger partial charge in [-0.2, -0.15) is 0 Å². The van der Waals surface area contributed by atoms with E-state index in [-0.39, 0.29) is 36.1 Å². The van der Waals surface area contributed by atoms with Crippen LogP contribution >= 0.6 is 0 Å². The van der Waals surface area contributed by atoms with Gasteiger partial charge in [-0.25, -0.2) is 8.78 Å². The number of nitrogens with zero attached hydrogens (tertiary/aromatic N) is 1. The summed E-state index contributed by atoms with van der Waals surface area (Å²) in [6, 6.07) is 0.294. The zero-order chi connectivity index (χ0) is 15.3. The molecule has 5 nitrogen and oxygen atoms in total. The number of amides is 3.